The third-order valence-electron chi connectivity index (χ3n) is 7.55. The number of nitriles is 1. The van der Waals surface area contributed by atoms with E-state index in [9.17, 15) is 20.0 Å². The van der Waals surface area contributed by atoms with Gasteiger partial charge in [0.05, 0.1) is 30.0 Å². The molecule has 1 saturated carbocycles. The van der Waals surface area contributed by atoms with E-state index in [1.807, 2.05) is 12.1 Å². The largest absolute Gasteiger partial charge is 0.396 e. The molecule has 35 heavy (non-hydrogen) atoms. The van der Waals surface area contributed by atoms with Crippen molar-refractivity contribution in [3.63, 3.8) is 0 Å². The Morgan fingerprint density at radius 1 is 1.23 bits per heavy atom. The number of carbonyl (C=O) groups is 1. The van der Waals surface area contributed by atoms with E-state index in [0.717, 1.165) is 5.56 Å². The Morgan fingerprint density at radius 3 is 2.63 bits per heavy atom. The molecule has 0 bridgehead atoms. The van der Waals surface area contributed by atoms with Gasteiger partial charge in [0.1, 0.15) is 5.56 Å². The van der Waals surface area contributed by atoms with Crippen LogP contribution in [0.3, 0.4) is 0 Å². The number of aromatic nitrogens is 3. The number of H-pyrrole nitrogens is 1. The molecule has 5 rings (SSSR count). The minimum Gasteiger partial charge on any atom is -0.396 e. The van der Waals surface area contributed by atoms with E-state index in [2.05, 4.69) is 28.3 Å². The Bertz CT molecular complexity index is 1330. The number of amides is 1. The molecule has 1 aromatic carbocycles. The second kappa shape index (κ2) is 9.67. The molecule has 0 radical (unpaired) electrons. The predicted octanol–water partition coefficient (Wildman–Crippen LogP) is 3.82. The second-order valence-electron chi connectivity index (χ2n) is 9.95. The normalized spacial score (nSPS) is 19.7. The van der Waals surface area contributed by atoms with Crippen LogP contribution in [0.25, 0.3) is 16.9 Å². The van der Waals surface area contributed by atoms with Crippen LogP contribution < -0.4 is 5.56 Å². The summed E-state index contributed by atoms with van der Waals surface area (Å²) >= 11 is 0. The molecule has 182 valence electrons. The maximum Gasteiger partial charge on any atom is 0.274 e. The van der Waals surface area contributed by atoms with Gasteiger partial charge in [-0.25, -0.2) is 0 Å². The quantitative estimate of drug-likeness (QED) is 0.585. The van der Waals surface area contributed by atoms with Crippen LogP contribution >= 0.6 is 0 Å². The monoisotopic (exact) mass is 473 g/mol. The highest BCUT2D eigenvalue weighted by Gasteiger charge is 2.33. The number of aromatic amines is 1. The Labute approximate surface area is 204 Å². The molecule has 8 heteroatoms. The first-order valence-corrected chi connectivity index (χ1v) is 12.6. The van der Waals surface area contributed by atoms with Gasteiger partial charge in [-0.15, -0.1) is 0 Å². The number of hydrogen-bond acceptors (Lipinski definition) is 5. The van der Waals surface area contributed by atoms with Gasteiger partial charge in [0.15, 0.2) is 5.65 Å². The molecule has 1 saturated heterocycles. The molecule has 0 spiro atoms. The van der Waals surface area contributed by atoms with Gasteiger partial charge in [-0.2, -0.15) is 14.9 Å². The standard InChI is InChI=1S/C27H31N5O3/c1-17(16-33)25-24(27(35)31-12-11-18(14-28)15-31)26-29-22(13-23(34)32(26)30-25)21-9-7-20(8-10-21)19-5-3-2-4-6-19/h7-10,13,17-19,29,33H,2-6,11-12,15-16H2,1H3/t17?,18-/m0/s1. The molecule has 3 aromatic rings. The lowest BCUT2D eigenvalue weighted by Gasteiger charge is -2.22. The molecule has 3 heterocycles. The SMILES string of the molecule is CC(CO)c1nn2c(=O)cc(-c3ccc(C4CCCCC4)cc3)[nH]c2c1C(=O)N1CC[C@@H](C#N)C1. The van der Waals surface area contributed by atoms with Crippen LogP contribution in [0.2, 0.25) is 0 Å². The third-order valence-corrected chi connectivity index (χ3v) is 7.55. The third kappa shape index (κ3) is 4.37. The lowest BCUT2D eigenvalue weighted by Crippen LogP contribution is -2.30. The summed E-state index contributed by atoms with van der Waals surface area (Å²) in [6, 6.07) is 12.1. The van der Waals surface area contributed by atoms with Crippen LogP contribution in [-0.2, 0) is 0 Å². The summed E-state index contributed by atoms with van der Waals surface area (Å²) in [6.45, 7) is 2.41. The number of rotatable bonds is 5. The summed E-state index contributed by atoms with van der Waals surface area (Å²) in [4.78, 5) is 31.5. The molecular weight excluding hydrogens is 442 g/mol. The number of likely N-dealkylation sites (tertiary alicyclic amines) is 1. The van der Waals surface area contributed by atoms with E-state index in [4.69, 9.17) is 0 Å². The van der Waals surface area contributed by atoms with Gasteiger partial charge < -0.3 is 15.0 Å². The predicted molar refractivity (Wildman–Crippen MR) is 132 cm³/mol. The molecule has 2 aromatic heterocycles. The van der Waals surface area contributed by atoms with Gasteiger partial charge in [-0.05, 0) is 36.3 Å². The number of aliphatic hydroxyl groups is 1. The zero-order chi connectivity index (χ0) is 24.5. The Kier molecular flexibility index (Phi) is 6.44. The minimum atomic E-state index is -0.422. The topological polar surface area (TPSA) is 114 Å². The first kappa shape index (κ1) is 23.3. The van der Waals surface area contributed by atoms with Crippen LogP contribution in [0.1, 0.15) is 78.9 Å². The summed E-state index contributed by atoms with van der Waals surface area (Å²) in [5.41, 5.74) is 3.48. The van der Waals surface area contributed by atoms with Crippen molar-refractivity contribution in [2.75, 3.05) is 19.7 Å². The minimum absolute atomic E-state index is 0.197. The first-order chi connectivity index (χ1) is 17.0. The Hall–Kier alpha value is -3.44. The first-order valence-electron chi connectivity index (χ1n) is 12.6. The van der Waals surface area contributed by atoms with Crippen molar-refractivity contribution in [2.24, 2.45) is 5.92 Å². The van der Waals surface area contributed by atoms with Crippen LogP contribution in [0, 0.1) is 17.2 Å². The molecule has 1 aliphatic heterocycles. The molecule has 1 unspecified atom stereocenters. The van der Waals surface area contributed by atoms with E-state index < -0.39 is 5.92 Å². The van der Waals surface area contributed by atoms with Gasteiger partial charge >= 0.3 is 0 Å². The number of nitrogens with zero attached hydrogens (tertiary/aromatic N) is 4. The summed E-state index contributed by atoms with van der Waals surface area (Å²) in [5.74, 6) is -0.293. The van der Waals surface area contributed by atoms with E-state index >= 15 is 0 Å². The highest BCUT2D eigenvalue weighted by atomic mass is 16.3. The molecule has 8 nitrogen and oxygen atoms in total. The van der Waals surface area contributed by atoms with Gasteiger partial charge in [0.25, 0.3) is 11.5 Å². The van der Waals surface area contributed by atoms with Crippen LogP contribution in [0.15, 0.2) is 35.1 Å². The summed E-state index contributed by atoms with van der Waals surface area (Å²) < 4.78 is 1.21. The van der Waals surface area contributed by atoms with Crippen LogP contribution in [-0.4, -0.2) is 50.2 Å². The van der Waals surface area contributed by atoms with Crippen molar-refractivity contribution in [1.82, 2.24) is 19.5 Å². The van der Waals surface area contributed by atoms with E-state index in [1.54, 1.807) is 11.8 Å². The molecule has 2 aliphatic rings. The zero-order valence-electron chi connectivity index (χ0n) is 20.0. The van der Waals surface area contributed by atoms with Crippen LogP contribution in [0.4, 0.5) is 0 Å². The lowest BCUT2D eigenvalue weighted by molar-refractivity contribution is 0.0789. The van der Waals surface area contributed by atoms with E-state index in [1.165, 1.54) is 48.2 Å². The summed E-state index contributed by atoms with van der Waals surface area (Å²) in [6.07, 6.45) is 6.93. The lowest BCUT2D eigenvalue weighted by atomic mass is 9.84. The summed E-state index contributed by atoms with van der Waals surface area (Å²) in [5, 5.41) is 23.5. The number of benzene rings is 1. The average Bonchev–Trinajstić information content (AvgIpc) is 3.54. The number of fused-ring (bicyclic) bond motifs is 1. The van der Waals surface area contributed by atoms with E-state index in [-0.39, 0.29) is 24.0 Å². The highest BCUT2D eigenvalue weighted by molar-refractivity contribution is 6.01. The number of nitrogens with one attached hydrogen (secondary N) is 1. The van der Waals surface area contributed by atoms with Gasteiger partial charge in [0.2, 0.25) is 0 Å². The van der Waals surface area contributed by atoms with Crippen molar-refractivity contribution in [2.45, 2.75) is 57.3 Å². The molecule has 2 atom stereocenters. The zero-order valence-corrected chi connectivity index (χ0v) is 20.0. The van der Waals surface area contributed by atoms with Crippen molar-refractivity contribution < 1.29 is 9.90 Å². The molecule has 2 N–H and O–H groups in total. The summed E-state index contributed by atoms with van der Waals surface area (Å²) in [7, 11) is 0. The van der Waals surface area contributed by atoms with Crippen molar-refractivity contribution >= 4 is 11.6 Å². The Morgan fingerprint density at radius 2 is 1.97 bits per heavy atom. The maximum atomic E-state index is 13.6. The Balaban J connectivity index is 1.56. The molecule has 2 fully saturated rings. The number of hydrogen-bond donors (Lipinski definition) is 2. The number of aliphatic hydroxyl groups excluding tert-OH is 1. The molecular formula is C27H31N5O3. The highest BCUT2D eigenvalue weighted by Crippen LogP contribution is 2.33. The fraction of sp³-hybridized carbons (Fsp3) is 0.481. The smallest absolute Gasteiger partial charge is 0.274 e. The van der Waals surface area contributed by atoms with Gasteiger partial charge in [-0.3, -0.25) is 9.59 Å². The average molecular weight is 474 g/mol. The van der Waals surface area contributed by atoms with Gasteiger partial charge in [0, 0.05) is 25.1 Å². The van der Waals surface area contributed by atoms with Crippen LogP contribution in [0.5, 0.6) is 0 Å². The molecule has 1 aliphatic carbocycles. The number of carbonyl (C=O) groups excluding carboxylic acids is 1. The molecule has 1 amide bonds. The fourth-order valence-electron chi connectivity index (χ4n) is 5.43. The van der Waals surface area contributed by atoms with E-state index in [0.29, 0.717) is 48.0 Å². The van der Waals surface area contributed by atoms with Crippen molar-refractivity contribution in [1.29, 1.82) is 5.26 Å². The fourth-order valence-corrected chi connectivity index (χ4v) is 5.43. The maximum absolute atomic E-state index is 13.6. The van der Waals surface area contributed by atoms with Crippen molar-refractivity contribution in [3.8, 4) is 17.3 Å². The van der Waals surface area contributed by atoms with Gasteiger partial charge in [-0.1, -0.05) is 50.5 Å². The van der Waals surface area contributed by atoms with Crippen molar-refractivity contribution in [3.05, 3.63) is 57.5 Å². The second-order valence-corrected chi connectivity index (χ2v) is 9.95.